The number of hydrogen-bond donors (Lipinski definition) is 1. The lowest BCUT2D eigenvalue weighted by Crippen LogP contribution is -2.69. The Kier molecular flexibility index (Phi) is 7.60. The maximum atomic E-state index is 11.8. The number of aromatic nitrogens is 2. The Morgan fingerprint density at radius 2 is 1.33 bits per heavy atom. The van der Waals surface area contributed by atoms with E-state index in [9.17, 15) is 5.11 Å². The molecule has 3 heteroatoms. The molecular formula is C27H38N2O+2. The van der Waals surface area contributed by atoms with E-state index in [4.69, 9.17) is 0 Å². The minimum absolute atomic E-state index is 0.572. The molecule has 2 heterocycles. The van der Waals surface area contributed by atoms with E-state index in [1.54, 1.807) is 0 Å². The molecule has 1 aliphatic carbocycles. The summed E-state index contributed by atoms with van der Waals surface area (Å²) in [5, 5.41) is 11.8. The molecule has 0 bridgehead atoms. The summed E-state index contributed by atoms with van der Waals surface area (Å²) in [4.78, 5) is 0. The highest BCUT2D eigenvalue weighted by molar-refractivity contribution is 5.56. The van der Waals surface area contributed by atoms with Crippen molar-refractivity contribution in [1.82, 2.24) is 0 Å². The van der Waals surface area contributed by atoms with Crippen LogP contribution in [0.15, 0.2) is 78.9 Å². The van der Waals surface area contributed by atoms with Gasteiger partial charge < -0.3 is 5.11 Å². The van der Waals surface area contributed by atoms with E-state index in [1.807, 2.05) is 55.7 Å². The summed E-state index contributed by atoms with van der Waals surface area (Å²) in [7, 11) is 0. The molecule has 0 aromatic carbocycles. The zero-order chi connectivity index (χ0) is 21.5. The van der Waals surface area contributed by atoms with Gasteiger partial charge in [0.2, 0.25) is 16.8 Å². The Labute approximate surface area is 182 Å². The lowest BCUT2D eigenvalue weighted by Gasteiger charge is -2.37. The third-order valence-electron chi connectivity index (χ3n) is 6.59. The summed E-state index contributed by atoms with van der Waals surface area (Å²) in [5.74, 6) is 0. The minimum Gasteiger partial charge on any atom is -0.373 e. The van der Waals surface area contributed by atoms with Crippen LogP contribution in [0.4, 0.5) is 0 Å². The van der Waals surface area contributed by atoms with E-state index in [0.29, 0.717) is 0 Å². The van der Waals surface area contributed by atoms with Gasteiger partial charge >= 0.3 is 0 Å². The number of allylic oxidation sites excluding steroid dienone is 2. The average molecular weight is 407 g/mol. The molecule has 2 aromatic heterocycles. The summed E-state index contributed by atoms with van der Waals surface area (Å²) in [6.45, 7) is 6.33. The number of pyridine rings is 2. The van der Waals surface area contributed by atoms with Crippen LogP contribution in [-0.4, -0.2) is 10.7 Å². The summed E-state index contributed by atoms with van der Waals surface area (Å²) in [6.07, 6.45) is 22.8. The molecule has 1 N–H and O–H groups in total. The van der Waals surface area contributed by atoms with Gasteiger partial charge in [-0.2, -0.15) is 9.13 Å². The van der Waals surface area contributed by atoms with Crippen molar-refractivity contribution in [3.8, 4) is 0 Å². The van der Waals surface area contributed by atoms with Crippen molar-refractivity contribution in [2.75, 3.05) is 0 Å². The molecule has 0 saturated heterocycles. The Morgan fingerprint density at radius 1 is 0.767 bits per heavy atom. The van der Waals surface area contributed by atoms with Crippen LogP contribution in [0.25, 0.3) is 5.70 Å². The van der Waals surface area contributed by atoms with Crippen LogP contribution in [0.1, 0.15) is 72.1 Å². The van der Waals surface area contributed by atoms with Crippen molar-refractivity contribution < 1.29 is 14.2 Å². The van der Waals surface area contributed by atoms with E-state index in [-0.39, 0.29) is 0 Å². The van der Waals surface area contributed by atoms with Gasteiger partial charge in [-0.25, -0.2) is 0 Å². The van der Waals surface area contributed by atoms with Gasteiger partial charge in [0.15, 0.2) is 24.8 Å². The second kappa shape index (κ2) is 10.2. The first-order valence-electron chi connectivity index (χ1n) is 11.6. The number of unbranched alkanes of at least 4 members (excludes halogenated alkanes) is 6. The van der Waals surface area contributed by atoms with Crippen LogP contribution >= 0.6 is 0 Å². The molecular weight excluding hydrogens is 368 g/mol. The predicted molar refractivity (Wildman–Crippen MR) is 123 cm³/mol. The lowest BCUT2D eigenvalue weighted by molar-refractivity contribution is -0.766. The van der Waals surface area contributed by atoms with Crippen LogP contribution in [0.5, 0.6) is 0 Å². The largest absolute Gasteiger partial charge is 0.373 e. The maximum absolute atomic E-state index is 11.8. The number of aliphatic hydroxyl groups is 1. The second-order valence-corrected chi connectivity index (χ2v) is 8.91. The molecule has 0 spiro atoms. The SMILES string of the molecule is CCCCCCCCCC1=CC(C)([n+]2ccccc2)C(C)(O)C([n+]2ccccc2)=C1. The van der Waals surface area contributed by atoms with E-state index >= 15 is 0 Å². The van der Waals surface area contributed by atoms with Crippen molar-refractivity contribution >= 4 is 5.70 Å². The predicted octanol–water partition coefficient (Wildman–Crippen LogP) is 5.35. The van der Waals surface area contributed by atoms with Crippen LogP contribution < -0.4 is 9.13 Å². The topological polar surface area (TPSA) is 28.0 Å². The van der Waals surface area contributed by atoms with E-state index in [2.05, 4.69) is 47.5 Å². The first-order chi connectivity index (χ1) is 14.5. The molecule has 2 unspecified atom stereocenters. The summed E-state index contributed by atoms with van der Waals surface area (Å²) in [6, 6.07) is 12.1. The highest BCUT2D eigenvalue weighted by atomic mass is 16.3. The molecule has 0 aliphatic heterocycles. The van der Waals surface area contributed by atoms with Crippen LogP contribution in [0, 0.1) is 0 Å². The van der Waals surface area contributed by atoms with Gasteiger partial charge in [-0.05, 0) is 31.4 Å². The van der Waals surface area contributed by atoms with E-state index in [1.165, 1.54) is 50.5 Å². The Balaban J connectivity index is 1.85. The van der Waals surface area contributed by atoms with Gasteiger partial charge in [0, 0.05) is 37.3 Å². The normalized spacial score (nSPS) is 23.7. The van der Waals surface area contributed by atoms with E-state index < -0.39 is 11.1 Å². The molecule has 3 rings (SSSR count). The highest BCUT2D eigenvalue weighted by Crippen LogP contribution is 2.39. The van der Waals surface area contributed by atoms with Gasteiger partial charge in [-0.1, -0.05) is 57.6 Å². The fourth-order valence-electron chi connectivity index (χ4n) is 4.47. The zero-order valence-corrected chi connectivity index (χ0v) is 18.9. The molecule has 3 nitrogen and oxygen atoms in total. The quantitative estimate of drug-likeness (QED) is 0.418. The minimum atomic E-state index is -1.06. The standard InChI is InChI=1S/C27H38N2O/c1-4-5-6-7-8-9-12-17-24-22-25(28-18-13-10-14-19-28)27(3,30)26(2,23-24)29-20-15-11-16-21-29/h10-11,13-16,18-23,30H,4-9,12,17H2,1-3H3/q+2. The van der Waals surface area contributed by atoms with Gasteiger partial charge in [0.25, 0.3) is 0 Å². The third-order valence-corrected chi connectivity index (χ3v) is 6.59. The maximum Gasteiger partial charge on any atom is 0.226 e. The molecule has 0 amide bonds. The van der Waals surface area contributed by atoms with Gasteiger partial charge in [0.1, 0.15) is 0 Å². The number of rotatable bonds is 10. The molecule has 2 atom stereocenters. The van der Waals surface area contributed by atoms with Crippen molar-refractivity contribution in [2.45, 2.75) is 83.3 Å². The fourth-order valence-corrected chi connectivity index (χ4v) is 4.47. The zero-order valence-electron chi connectivity index (χ0n) is 18.9. The molecule has 160 valence electrons. The van der Waals surface area contributed by atoms with Crippen molar-refractivity contribution in [3.05, 3.63) is 78.9 Å². The third kappa shape index (κ3) is 4.89. The number of nitrogens with zero attached hydrogens (tertiary/aromatic N) is 2. The first-order valence-corrected chi connectivity index (χ1v) is 11.6. The Morgan fingerprint density at radius 3 is 1.97 bits per heavy atom. The van der Waals surface area contributed by atoms with Crippen LogP contribution in [0.2, 0.25) is 0 Å². The highest BCUT2D eigenvalue weighted by Gasteiger charge is 2.58. The summed E-state index contributed by atoms with van der Waals surface area (Å²) < 4.78 is 4.19. The van der Waals surface area contributed by atoms with Crippen molar-refractivity contribution in [2.24, 2.45) is 0 Å². The summed E-state index contributed by atoms with van der Waals surface area (Å²) in [5.41, 5.74) is 0.592. The van der Waals surface area contributed by atoms with E-state index in [0.717, 1.165) is 12.1 Å². The molecule has 1 aliphatic rings. The van der Waals surface area contributed by atoms with Gasteiger partial charge in [0.05, 0.1) is 0 Å². The Hall–Kier alpha value is -2.26. The van der Waals surface area contributed by atoms with Crippen molar-refractivity contribution in [3.63, 3.8) is 0 Å². The molecule has 2 aromatic rings. The average Bonchev–Trinajstić information content (AvgIpc) is 2.76. The summed E-state index contributed by atoms with van der Waals surface area (Å²) >= 11 is 0. The van der Waals surface area contributed by atoms with Crippen LogP contribution in [0.3, 0.4) is 0 Å². The van der Waals surface area contributed by atoms with Gasteiger partial charge in [-0.3, -0.25) is 0 Å². The van der Waals surface area contributed by atoms with Crippen molar-refractivity contribution in [1.29, 1.82) is 0 Å². The second-order valence-electron chi connectivity index (χ2n) is 8.91. The van der Waals surface area contributed by atoms with Gasteiger partial charge in [-0.15, -0.1) is 0 Å². The smallest absolute Gasteiger partial charge is 0.226 e. The fraction of sp³-hybridized carbons (Fsp3) is 0.481. The number of hydrogen-bond acceptors (Lipinski definition) is 1. The first kappa shape index (κ1) is 22.4. The molecule has 30 heavy (non-hydrogen) atoms. The lowest BCUT2D eigenvalue weighted by atomic mass is 9.73. The molecule has 0 saturated carbocycles. The molecule has 0 radical (unpaired) electrons. The van der Waals surface area contributed by atoms with Crippen LogP contribution in [-0.2, 0) is 5.54 Å². The monoisotopic (exact) mass is 406 g/mol. The molecule has 0 fully saturated rings. The Bertz CT molecular complexity index is 855.